The van der Waals surface area contributed by atoms with E-state index in [9.17, 15) is 13.2 Å². The molecule has 2 aromatic rings. The first-order valence-electron chi connectivity index (χ1n) is 12.4. The SMILES string of the molecule is CCCCCCC1CCC(CCc2ccc(-c3ccc(OCC)c(F)c3F)c(F)c2)CC1. The highest BCUT2D eigenvalue weighted by atomic mass is 19.2. The third kappa shape index (κ3) is 6.52. The van der Waals surface area contributed by atoms with Gasteiger partial charge in [0.2, 0.25) is 5.82 Å². The van der Waals surface area contributed by atoms with Gasteiger partial charge in [0.1, 0.15) is 5.82 Å². The van der Waals surface area contributed by atoms with Crippen LogP contribution in [0.25, 0.3) is 11.1 Å². The lowest BCUT2D eigenvalue weighted by molar-refractivity contribution is 0.249. The number of rotatable bonds is 11. The molecule has 4 heteroatoms. The third-order valence-corrected chi connectivity index (χ3v) is 6.94. The number of hydrogen-bond acceptors (Lipinski definition) is 1. The maximum absolute atomic E-state index is 14.8. The molecule has 1 aliphatic rings. The van der Waals surface area contributed by atoms with Gasteiger partial charge in [-0.15, -0.1) is 0 Å². The van der Waals surface area contributed by atoms with Gasteiger partial charge >= 0.3 is 0 Å². The number of ether oxygens (including phenoxy) is 1. The van der Waals surface area contributed by atoms with E-state index in [0.717, 1.165) is 24.3 Å². The highest BCUT2D eigenvalue weighted by Gasteiger charge is 2.21. The molecule has 3 rings (SSSR count). The number of halogens is 3. The van der Waals surface area contributed by atoms with Crippen LogP contribution in [0, 0.1) is 29.3 Å². The van der Waals surface area contributed by atoms with Gasteiger partial charge in [0.25, 0.3) is 0 Å². The quantitative estimate of drug-likeness (QED) is 0.313. The van der Waals surface area contributed by atoms with Gasteiger partial charge < -0.3 is 4.74 Å². The van der Waals surface area contributed by atoms with E-state index in [4.69, 9.17) is 4.74 Å². The number of unbranched alkanes of at least 4 members (excludes halogenated alkanes) is 3. The Kier molecular flexibility index (Phi) is 9.50. The Balaban J connectivity index is 1.53. The number of aryl methyl sites for hydroxylation is 1. The minimum Gasteiger partial charge on any atom is -0.491 e. The maximum atomic E-state index is 14.8. The number of hydrogen-bond donors (Lipinski definition) is 0. The van der Waals surface area contributed by atoms with Gasteiger partial charge in [-0.1, -0.05) is 76.8 Å². The van der Waals surface area contributed by atoms with Gasteiger partial charge in [0.15, 0.2) is 11.6 Å². The van der Waals surface area contributed by atoms with Gasteiger partial charge in [0, 0.05) is 11.1 Å². The van der Waals surface area contributed by atoms with Crippen molar-refractivity contribution < 1.29 is 17.9 Å². The Morgan fingerprint density at radius 2 is 1.47 bits per heavy atom. The summed E-state index contributed by atoms with van der Waals surface area (Å²) in [5.74, 6) is -1.21. The zero-order chi connectivity index (χ0) is 22.9. The molecule has 0 atom stereocenters. The van der Waals surface area contributed by atoms with Crippen LogP contribution in [0.5, 0.6) is 5.75 Å². The fraction of sp³-hybridized carbons (Fsp3) is 0.571. The second kappa shape index (κ2) is 12.3. The first kappa shape index (κ1) is 24.7. The lowest BCUT2D eigenvalue weighted by Crippen LogP contribution is -2.15. The molecule has 0 aromatic heterocycles. The van der Waals surface area contributed by atoms with Gasteiger partial charge in [-0.25, -0.2) is 8.78 Å². The third-order valence-electron chi connectivity index (χ3n) is 6.94. The number of benzene rings is 2. The smallest absolute Gasteiger partial charge is 0.201 e. The van der Waals surface area contributed by atoms with Crippen LogP contribution < -0.4 is 4.74 Å². The summed E-state index contributed by atoms with van der Waals surface area (Å²) >= 11 is 0. The monoisotopic (exact) mass is 446 g/mol. The molecule has 0 spiro atoms. The zero-order valence-corrected chi connectivity index (χ0v) is 19.6. The van der Waals surface area contributed by atoms with Crippen molar-refractivity contribution in [3.63, 3.8) is 0 Å². The lowest BCUT2D eigenvalue weighted by Gasteiger charge is -2.28. The van der Waals surface area contributed by atoms with Crippen molar-refractivity contribution in [2.24, 2.45) is 11.8 Å². The van der Waals surface area contributed by atoms with Crippen LogP contribution >= 0.6 is 0 Å². The summed E-state index contributed by atoms with van der Waals surface area (Å²) in [5.41, 5.74) is 0.920. The standard InChI is InChI=1S/C28H37F3O/c1-3-5-6-7-8-20-9-11-21(12-10-20)13-14-22-15-16-23(25(29)19-22)24-17-18-26(32-4-2)28(31)27(24)30/h15-21H,3-14H2,1-2H3. The van der Waals surface area contributed by atoms with E-state index < -0.39 is 17.5 Å². The van der Waals surface area contributed by atoms with Gasteiger partial charge in [0.05, 0.1) is 6.61 Å². The van der Waals surface area contributed by atoms with Crippen LogP contribution in [-0.2, 0) is 6.42 Å². The molecule has 0 N–H and O–H groups in total. The molecule has 0 unspecified atom stereocenters. The van der Waals surface area contributed by atoms with E-state index in [1.165, 1.54) is 76.0 Å². The molecule has 176 valence electrons. The Hall–Kier alpha value is -1.97. The minimum absolute atomic E-state index is 0.0766. The zero-order valence-electron chi connectivity index (χ0n) is 19.6. The Bertz CT molecular complexity index is 856. The molecule has 0 bridgehead atoms. The molecule has 1 fully saturated rings. The van der Waals surface area contributed by atoms with Crippen molar-refractivity contribution in [2.75, 3.05) is 6.61 Å². The van der Waals surface area contributed by atoms with Crippen LogP contribution in [0.4, 0.5) is 13.2 Å². The van der Waals surface area contributed by atoms with E-state index in [-0.39, 0.29) is 23.5 Å². The van der Waals surface area contributed by atoms with Crippen LogP contribution in [-0.4, -0.2) is 6.61 Å². The molecule has 0 saturated heterocycles. The Morgan fingerprint density at radius 1 is 0.781 bits per heavy atom. The molecule has 1 nitrogen and oxygen atoms in total. The highest BCUT2D eigenvalue weighted by molar-refractivity contribution is 5.66. The van der Waals surface area contributed by atoms with Crippen molar-refractivity contribution in [3.05, 3.63) is 53.3 Å². The summed E-state index contributed by atoms with van der Waals surface area (Å²) in [5, 5.41) is 0. The average molecular weight is 447 g/mol. The maximum Gasteiger partial charge on any atom is 0.201 e. The van der Waals surface area contributed by atoms with Crippen molar-refractivity contribution in [3.8, 4) is 16.9 Å². The summed E-state index contributed by atoms with van der Waals surface area (Å²) in [7, 11) is 0. The molecule has 0 radical (unpaired) electrons. The summed E-state index contributed by atoms with van der Waals surface area (Å²) in [4.78, 5) is 0. The van der Waals surface area contributed by atoms with E-state index >= 15 is 0 Å². The van der Waals surface area contributed by atoms with E-state index in [2.05, 4.69) is 6.92 Å². The van der Waals surface area contributed by atoms with E-state index in [0.29, 0.717) is 5.92 Å². The van der Waals surface area contributed by atoms with E-state index in [1.54, 1.807) is 13.0 Å². The Morgan fingerprint density at radius 3 is 2.12 bits per heavy atom. The molecule has 0 amide bonds. The van der Waals surface area contributed by atoms with Crippen molar-refractivity contribution in [1.29, 1.82) is 0 Å². The molecular formula is C28H37F3O. The van der Waals surface area contributed by atoms with Crippen LogP contribution in [0.2, 0.25) is 0 Å². The normalized spacial score (nSPS) is 18.7. The second-order valence-electron chi connectivity index (χ2n) is 9.26. The van der Waals surface area contributed by atoms with Crippen LogP contribution in [0.3, 0.4) is 0 Å². The first-order chi connectivity index (χ1) is 15.5. The van der Waals surface area contributed by atoms with Crippen molar-refractivity contribution in [2.45, 2.75) is 84.5 Å². The van der Waals surface area contributed by atoms with Gasteiger partial charge in [-0.2, -0.15) is 4.39 Å². The topological polar surface area (TPSA) is 9.23 Å². The summed E-state index contributed by atoms with van der Waals surface area (Å²) in [6, 6.07) is 7.61. The fourth-order valence-corrected chi connectivity index (χ4v) is 4.98. The van der Waals surface area contributed by atoms with Crippen LogP contribution in [0.15, 0.2) is 30.3 Å². The molecule has 2 aromatic carbocycles. The van der Waals surface area contributed by atoms with E-state index in [1.807, 2.05) is 6.07 Å². The van der Waals surface area contributed by atoms with Gasteiger partial charge in [-0.3, -0.25) is 0 Å². The highest BCUT2D eigenvalue weighted by Crippen LogP contribution is 2.35. The molecule has 32 heavy (non-hydrogen) atoms. The largest absolute Gasteiger partial charge is 0.491 e. The molecule has 0 aliphatic heterocycles. The van der Waals surface area contributed by atoms with Gasteiger partial charge in [-0.05, 0) is 55.4 Å². The van der Waals surface area contributed by atoms with Crippen molar-refractivity contribution in [1.82, 2.24) is 0 Å². The molecule has 1 saturated carbocycles. The predicted octanol–water partition coefficient (Wildman–Crippen LogP) is 8.88. The molecule has 0 heterocycles. The molecular weight excluding hydrogens is 409 g/mol. The summed E-state index contributed by atoms with van der Waals surface area (Å²) in [6.45, 7) is 4.19. The average Bonchev–Trinajstić information content (AvgIpc) is 2.80. The lowest BCUT2D eigenvalue weighted by atomic mass is 9.77. The molecule has 1 aliphatic carbocycles. The minimum atomic E-state index is -1.08. The predicted molar refractivity (Wildman–Crippen MR) is 125 cm³/mol. The summed E-state index contributed by atoms with van der Waals surface area (Å²) in [6.07, 6.45) is 13.8. The second-order valence-corrected chi connectivity index (χ2v) is 9.26. The first-order valence-corrected chi connectivity index (χ1v) is 12.4. The fourth-order valence-electron chi connectivity index (χ4n) is 4.98. The van der Waals surface area contributed by atoms with Crippen molar-refractivity contribution >= 4 is 0 Å². The van der Waals surface area contributed by atoms with Crippen LogP contribution in [0.1, 0.15) is 83.6 Å². The summed E-state index contributed by atoms with van der Waals surface area (Å²) < 4.78 is 48.5. The Labute approximate surface area is 191 Å².